The maximum Gasteiger partial charge on any atom is 0.228 e. The second-order valence-electron chi connectivity index (χ2n) is 8.19. The summed E-state index contributed by atoms with van der Waals surface area (Å²) in [6.45, 7) is 4.74. The molecule has 3 aliphatic rings. The van der Waals surface area contributed by atoms with Gasteiger partial charge in [-0.05, 0) is 12.8 Å². The van der Waals surface area contributed by atoms with Crippen LogP contribution in [0.3, 0.4) is 0 Å². The van der Waals surface area contributed by atoms with E-state index in [4.69, 9.17) is 4.98 Å². The highest BCUT2D eigenvalue weighted by Crippen LogP contribution is 2.27. The minimum Gasteiger partial charge on any atom is -0.345 e. The molecule has 0 N–H and O–H groups in total. The Morgan fingerprint density at radius 3 is 2.71 bits per heavy atom. The van der Waals surface area contributed by atoms with Crippen LogP contribution in [0.4, 0.5) is 0 Å². The topological polar surface area (TPSA) is 86.7 Å². The molecule has 0 saturated carbocycles. The molecule has 2 unspecified atom stereocenters. The molecule has 0 aromatic carbocycles. The van der Waals surface area contributed by atoms with E-state index >= 15 is 0 Å². The van der Waals surface area contributed by atoms with E-state index in [9.17, 15) is 14.4 Å². The first kappa shape index (κ1) is 18.8. The standard InChI is InChI=1S/C20H27N5O3/c1-13(26)24-6-3-4-14(11-24)19-21-9-16-12-25(7-5-17(16)22-19)20(28)15-8-18(27)23(2)10-15/h9,14-15H,3-8,10-12H2,1-2H3. The molecule has 4 rings (SSSR count). The van der Waals surface area contributed by atoms with Crippen molar-refractivity contribution in [3.8, 4) is 0 Å². The predicted octanol–water partition coefficient (Wildman–Crippen LogP) is 0.566. The fourth-order valence-corrected chi connectivity index (χ4v) is 4.48. The van der Waals surface area contributed by atoms with Crippen molar-refractivity contribution in [3.05, 3.63) is 23.3 Å². The Labute approximate surface area is 164 Å². The fourth-order valence-electron chi connectivity index (χ4n) is 4.48. The van der Waals surface area contributed by atoms with Crippen molar-refractivity contribution < 1.29 is 14.4 Å². The van der Waals surface area contributed by atoms with Crippen LogP contribution in [-0.2, 0) is 27.3 Å². The number of amides is 3. The summed E-state index contributed by atoms with van der Waals surface area (Å²) < 4.78 is 0. The molecule has 0 radical (unpaired) electrons. The number of hydrogen-bond acceptors (Lipinski definition) is 5. The lowest BCUT2D eigenvalue weighted by Gasteiger charge is -2.33. The molecule has 28 heavy (non-hydrogen) atoms. The highest BCUT2D eigenvalue weighted by Gasteiger charge is 2.36. The maximum atomic E-state index is 12.8. The highest BCUT2D eigenvalue weighted by molar-refractivity contribution is 5.89. The summed E-state index contributed by atoms with van der Waals surface area (Å²) in [6.07, 6.45) is 4.83. The van der Waals surface area contributed by atoms with Gasteiger partial charge in [0.05, 0.1) is 11.6 Å². The van der Waals surface area contributed by atoms with Crippen LogP contribution in [0.25, 0.3) is 0 Å². The van der Waals surface area contributed by atoms with Crippen LogP contribution in [0.15, 0.2) is 6.20 Å². The largest absolute Gasteiger partial charge is 0.345 e. The van der Waals surface area contributed by atoms with Crippen LogP contribution in [-0.4, -0.2) is 75.6 Å². The molecule has 8 heteroatoms. The number of nitrogens with zero attached hydrogens (tertiary/aromatic N) is 5. The third-order valence-electron chi connectivity index (χ3n) is 6.19. The number of carbonyl (C=O) groups excluding carboxylic acids is 3. The highest BCUT2D eigenvalue weighted by atomic mass is 16.2. The van der Waals surface area contributed by atoms with Gasteiger partial charge in [-0.1, -0.05) is 0 Å². The lowest BCUT2D eigenvalue weighted by molar-refractivity contribution is -0.136. The number of fused-ring (bicyclic) bond motifs is 1. The van der Waals surface area contributed by atoms with Crippen molar-refractivity contribution in [1.82, 2.24) is 24.7 Å². The molecule has 0 bridgehead atoms. The van der Waals surface area contributed by atoms with E-state index in [2.05, 4.69) is 4.98 Å². The van der Waals surface area contributed by atoms with Gasteiger partial charge in [0.15, 0.2) is 0 Å². The number of piperidine rings is 1. The van der Waals surface area contributed by atoms with Gasteiger partial charge in [0.1, 0.15) is 5.82 Å². The zero-order chi connectivity index (χ0) is 19.8. The van der Waals surface area contributed by atoms with Crippen molar-refractivity contribution in [1.29, 1.82) is 0 Å². The SMILES string of the molecule is CC(=O)N1CCCC(c2ncc3c(n2)CCN(C(=O)C2CC(=O)N(C)C2)C3)C1. The lowest BCUT2D eigenvalue weighted by Crippen LogP contribution is -2.41. The first-order chi connectivity index (χ1) is 13.4. The summed E-state index contributed by atoms with van der Waals surface area (Å²) in [5, 5.41) is 0. The van der Waals surface area contributed by atoms with Crippen LogP contribution in [0.1, 0.15) is 49.2 Å². The zero-order valence-electron chi connectivity index (χ0n) is 16.6. The molecule has 4 heterocycles. The minimum absolute atomic E-state index is 0.0378. The van der Waals surface area contributed by atoms with Gasteiger partial charge < -0.3 is 14.7 Å². The van der Waals surface area contributed by atoms with E-state index in [0.717, 1.165) is 36.5 Å². The van der Waals surface area contributed by atoms with Gasteiger partial charge in [0.2, 0.25) is 17.7 Å². The van der Waals surface area contributed by atoms with Crippen molar-refractivity contribution in [2.75, 3.05) is 33.2 Å². The maximum absolute atomic E-state index is 12.8. The molecular weight excluding hydrogens is 358 g/mol. The number of hydrogen-bond donors (Lipinski definition) is 0. The summed E-state index contributed by atoms with van der Waals surface area (Å²) in [5.41, 5.74) is 1.99. The Bertz CT molecular complexity index is 811. The molecule has 8 nitrogen and oxygen atoms in total. The first-order valence-electron chi connectivity index (χ1n) is 10.1. The summed E-state index contributed by atoms with van der Waals surface area (Å²) in [6, 6.07) is 0. The van der Waals surface area contributed by atoms with Crippen molar-refractivity contribution in [2.24, 2.45) is 5.92 Å². The summed E-state index contributed by atoms with van der Waals surface area (Å²) in [7, 11) is 1.75. The summed E-state index contributed by atoms with van der Waals surface area (Å²) in [5.74, 6) is 0.953. The van der Waals surface area contributed by atoms with Gasteiger partial charge in [-0.3, -0.25) is 14.4 Å². The number of carbonyl (C=O) groups is 3. The molecule has 150 valence electrons. The zero-order valence-corrected chi connectivity index (χ0v) is 16.6. The second kappa shape index (κ2) is 7.48. The molecule has 1 aromatic rings. The van der Waals surface area contributed by atoms with Crippen LogP contribution in [0.5, 0.6) is 0 Å². The van der Waals surface area contributed by atoms with Gasteiger partial charge in [0, 0.05) is 77.2 Å². The van der Waals surface area contributed by atoms with Gasteiger partial charge in [0.25, 0.3) is 0 Å². The number of likely N-dealkylation sites (tertiary alicyclic amines) is 2. The Kier molecular flexibility index (Phi) is 5.03. The normalized spacial score (nSPS) is 25.1. The second-order valence-corrected chi connectivity index (χ2v) is 8.19. The van der Waals surface area contributed by atoms with Crippen LogP contribution >= 0.6 is 0 Å². The summed E-state index contributed by atoms with van der Waals surface area (Å²) >= 11 is 0. The molecular formula is C20H27N5O3. The monoisotopic (exact) mass is 385 g/mol. The predicted molar refractivity (Wildman–Crippen MR) is 101 cm³/mol. The van der Waals surface area contributed by atoms with E-state index in [-0.39, 0.29) is 29.6 Å². The van der Waals surface area contributed by atoms with E-state index in [1.54, 1.807) is 18.9 Å². The smallest absolute Gasteiger partial charge is 0.228 e. The van der Waals surface area contributed by atoms with Gasteiger partial charge >= 0.3 is 0 Å². The molecule has 2 atom stereocenters. The third kappa shape index (κ3) is 3.59. The molecule has 3 aliphatic heterocycles. The quantitative estimate of drug-likeness (QED) is 0.743. The van der Waals surface area contributed by atoms with Crippen molar-refractivity contribution in [3.63, 3.8) is 0 Å². The Morgan fingerprint density at radius 1 is 1.18 bits per heavy atom. The first-order valence-corrected chi connectivity index (χ1v) is 10.1. The Morgan fingerprint density at radius 2 is 2.00 bits per heavy atom. The van der Waals surface area contributed by atoms with Gasteiger partial charge in [-0.2, -0.15) is 0 Å². The van der Waals surface area contributed by atoms with Crippen molar-refractivity contribution in [2.45, 2.75) is 45.1 Å². The van der Waals surface area contributed by atoms with Gasteiger partial charge in [-0.25, -0.2) is 9.97 Å². The molecule has 0 aliphatic carbocycles. The summed E-state index contributed by atoms with van der Waals surface area (Å²) in [4.78, 5) is 50.9. The van der Waals surface area contributed by atoms with Crippen molar-refractivity contribution >= 4 is 17.7 Å². The van der Waals surface area contributed by atoms with Crippen LogP contribution in [0.2, 0.25) is 0 Å². The molecule has 2 saturated heterocycles. The molecule has 0 spiro atoms. The molecule has 3 amide bonds. The van der Waals surface area contributed by atoms with Crippen LogP contribution in [0, 0.1) is 5.92 Å². The van der Waals surface area contributed by atoms with E-state index in [1.807, 2.05) is 16.0 Å². The van der Waals surface area contributed by atoms with E-state index < -0.39 is 0 Å². The van der Waals surface area contributed by atoms with E-state index in [1.165, 1.54) is 0 Å². The Balaban J connectivity index is 1.44. The lowest BCUT2D eigenvalue weighted by atomic mass is 9.96. The van der Waals surface area contributed by atoms with Gasteiger partial charge in [-0.15, -0.1) is 0 Å². The molecule has 1 aromatic heterocycles. The number of aromatic nitrogens is 2. The average molecular weight is 385 g/mol. The van der Waals surface area contributed by atoms with E-state index in [0.29, 0.717) is 39.0 Å². The molecule has 2 fully saturated rings. The van der Waals surface area contributed by atoms with Crippen LogP contribution < -0.4 is 0 Å². The number of rotatable bonds is 2. The average Bonchev–Trinajstić information content (AvgIpc) is 3.05. The minimum atomic E-state index is -0.237. The third-order valence-corrected chi connectivity index (χ3v) is 6.19. The fraction of sp³-hybridized carbons (Fsp3) is 0.650. The Hall–Kier alpha value is -2.51.